The van der Waals surface area contributed by atoms with Gasteiger partial charge in [0.2, 0.25) is 0 Å². The highest BCUT2D eigenvalue weighted by Gasteiger charge is 2.12. The summed E-state index contributed by atoms with van der Waals surface area (Å²) >= 11 is 8.84. The highest BCUT2D eigenvalue weighted by Crippen LogP contribution is 2.27. The summed E-state index contributed by atoms with van der Waals surface area (Å²) in [7, 11) is 0. The van der Waals surface area contributed by atoms with Crippen LogP contribution in [0.25, 0.3) is 0 Å². The van der Waals surface area contributed by atoms with Crippen molar-refractivity contribution in [1.29, 1.82) is 0 Å². The minimum atomic E-state index is -1.14. The van der Waals surface area contributed by atoms with Gasteiger partial charge >= 0.3 is 5.97 Å². The number of carboxylic acids is 1. The van der Waals surface area contributed by atoms with Gasteiger partial charge < -0.3 is 10.4 Å². The molecule has 2 rings (SSSR count). The first-order valence-electron chi connectivity index (χ1n) is 5.50. The SMILES string of the molecule is Cc1cc(F)c(Br)cc1Nc1cc(C(=O)O)c(Cl)cn1. The quantitative estimate of drug-likeness (QED) is 0.853. The molecule has 1 aromatic carbocycles. The van der Waals surface area contributed by atoms with Crippen LogP contribution in [0.2, 0.25) is 5.02 Å². The van der Waals surface area contributed by atoms with Crippen LogP contribution >= 0.6 is 27.5 Å². The Balaban J connectivity index is 2.38. The van der Waals surface area contributed by atoms with Gasteiger partial charge in [0.1, 0.15) is 11.6 Å². The van der Waals surface area contributed by atoms with Crippen molar-refractivity contribution >= 4 is 45.0 Å². The predicted octanol–water partition coefficient (Wildman–Crippen LogP) is 4.39. The Kier molecular flexibility index (Phi) is 4.25. The second-order valence-corrected chi connectivity index (χ2v) is 5.32. The van der Waals surface area contributed by atoms with Crippen molar-refractivity contribution < 1.29 is 14.3 Å². The molecule has 2 aromatic rings. The molecule has 0 bridgehead atoms. The van der Waals surface area contributed by atoms with Crippen molar-refractivity contribution in [3.63, 3.8) is 0 Å². The Morgan fingerprint density at radius 1 is 1.45 bits per heavy atom. The molecule has 0 radical (unpaired) electrons. The van der Waals surface area contributed by atoms with Crippen LogP contribution in [0.4, 0.5) is 15.9 Å². The van der Waals surface area contributed by atoms with Gasteiger partial charge in [-0.25, -0.2) is 14.2 Å². The zero-order valence-corrected chi connectivity index (χ0v) is 12.6. The number of carboxylic acid groups (broad SMARTS) is 1. The van der Waals surface area contributed by atoms with Gasteiger partial charge in [-0.15, -0.1) is 0 Å². The van der Waals surface area contributed by atoms with E-state index >= 15 is 0 Å². The Hall–Kier alpha value is -1.66. The molecule has 104 valence electrons. The number of halogens is 3. The standard InChI is InChI=1S/C13H9BrClFN2O2/c1-6-2-10(16)8(14)4-11(6)18-12-3-7(13(19)20)9(15)5-17-12/h2-5H,1H3,(H,17,18)(H,19,20). The molecule has 1 aromatic heterocycles. The van der Waals surface area contributed by atoms with Crippen molar-refractivity contribution in [3.8, 4) is 0 Å². The monoisotopic (exact) mass is 358 g/mol. The summed E-state index contributed by atoms with van der Waals surface area (Å²) in [5.41, 5.74) is 1.23. The number of carbonyl (C=O) groups is 1. The first-order chi connectivity index (χ1) is 9.38. The van der Waals surface area contributed by atoms with Crippen LogP contribution in [0.5, 0.6) is 0 Å². The molecule has 0 aliphatic rings. The lowest BCUT2D eigenvalue weighted by Crippen LogP contribution is -2.02. The van der Waals surface area contributed by atoms with E-state index in [0.29, 0.717) is 21.5 Å². The van der Waals surface area contributed by atoms with Gasteiger partial charge in [0.25, 0.3) is 0 Å². The molecular weight excluding hydrogens is 351 g/mol. The molecule has 0 unspecified atom stereocenters. The molecule has 1 heterocycles. The van der Waals surface area contributed by atoms with Gasteiger partial charge in [-0.1, -0.05) is 11.6 Å². The number of benzene rings is 1. The summed E-state index contributed by atoms with van der Waals surface area (Å²) in [5.74, 6) is -1.20. The number of aromatic carboxylic acids is 1. The molecule has 7 heteroatoms. The molecule has 4 nitrogen and oxygen atoms in total. The zero-order valence-electron chi connectivity index (χ0n) is 10.2. The zero-order chi connectivity index (χ0) is 14.9. The summed E-state index contributed by atoms with van der Waals surface area (Å²) in [6.45, 7) is 1.73. The van der Waals surface area contributed by atoms with Crippen molar-refractivity contribution in [2.75, 3.05) is 5.32 Å². The fraction of sp³-hybridized carbons (Fsp3) is 0.0769. The van der Waals surface area contributed by atoms with Crippen LogP contribution in [-0.4, -0.2) is 16.1 Å². The summed E-state index contributed by atoms with van der Waals surface area (Å²) < 4.78 is 13.6. The van der Waals surface area contributed by atoms with E-state index in [2.05, 4.69) is 26.2 Å². The van der Waals surface area contributed by atoms with Crippen LogP contribution in [-0.2, 0) is 0 Å². The second kappa shape index (κ2) is 5.76. The number of aryl methyl sites for hydroxylation is 1. The fourth-order valence-electron chi connectivity index (χ4n) is 1.59. The van der Waals surface area contributed by atoms with E-state index in [9.17, 15) is 9.18 Å². The van der Waals surface area contributed by atoms with Gasteiger partial charge in [0.05, 0.1) is 15.1 Å². The lowest BCUT2D eigenvalue weighted by Gasteiger charge is -2.11. The number of aromatic nitrogens is 1. The number of hydrogen-bond donors (Lipinski definition) is 2. The Bertz CT molecular complexity index is 694. The van der Waals surface area contributed by atoms with E-state index < -0.39 is 5.97 Å². The van der Waals surface area contributed by atoms with Crippen LogP contribution < -0.4 is 5.32 Å². The van der Waals surface area contributed by atoms with E-state index in [1.807, 2.05) is 0 Å². The third-order valence-electron chi connectivity index (χ3n) is 2.62. The maximum absolute atomic E-state index is 13.3. The van der Waals surface area contributed by atoms with Crippen LogP contribution in [0.3, 0.4) is 0 Å². The summed E-state index contributed by atoms with van der Waals surface area (Å²) in [6.07, 6.45) is 1.25. The molecule has 0 aliphatic heterocycles. The number of hydrogen-bond acceptors (Lipinski definition) is 3. The maximum Gasteiger partial charge on any atom is 0.337 e. The van der Waals surface area contributed by atoms with E-state index in [4.69, 9.17) is 16.7 Å². The Labute approximate surface area is 127 Å². The van der Waals surface area contributed by atoms with Gasteiger partial charge in [-0.2, -0.15) is 0 Å². The first-order valence-corrected chi connectivity index (χ1v) is 6.67. The van der Waals surface area contributed by atoms with Crippen LogP contribution in [0.15, 0.2) is 28.9 Å². The minimum absolute atomic E-state index is 0.0528. The Morgan fingerprint density at radius 2 is 2.15 bits per heavy atom. The third-order valence-corrected chi connectivity index (χ3v) is 3.52. The molecule has 0 spiro atoms. The summed E-state index contributed by atoms with van der Waals surface area (Å²) in [6, 6.07) is 4.24. The maximum atomic E-state index is 13.3. The molecule has 0 atom stereocenters. The van der Waals surface area contributed by atoms with Gasteiger partial charge in [-0.3, -0.25) is 0 Å². The van der Waals surface area contributed by atoms with E-state index in [1.54, 1.807) is 13.0 Å². The van der Waals surface area contributed by atoms with Gasteiger partial charge in [0.15, 0.2) is 0 Å². The average Bonchev–Trinajstić information content (AvgIpc) is 2.37. The second-order valence-electron chi connectivity index (χ2n) is 4.06. The number of nitrogens with one attached hydrogen (secondary N) is 1. The lowest BCUT2D eigenvalue weighted by molar-refractivity contribution is 0.0697. The van der Waals surface area contributed by atoms with Crippen molar-refractivity contribution in [1.82, 2.24) is 4.98 Å². The minimum Gasteiger partial charge on any atom is -0.478 e. The predicted molar refractivity (Wildman–Crippen MR) is 78.3 cm³/mol. The molecule has 0 amide bonds. The third kappa shape index (κ3) is 3.08. The van der Waals surface area contributed by atoms with Crippen molar-refractivity contribution in [3.05, 3.63) is 50.8 Å². The first kappa shape index (κ1) is 14.7. The van der Waals surface area contributed by atoms with E-state index in [-0.39, 0.29) is 16.4 Å². The van der Waals surface area contributed by atoms with Crippen LogP contribution in [0, 0.1) is 12.7 Å². The Morgan fingerprint density at radius 3 is 2.80 bits per heavy atom. The largest absolute Gasteiger partial charge is 0.478 e. The molecule has 0 saturated heterocycles. The summed E-state index contributed by atoms with van der Waals surface area (Å²) in [4.78, 5) is 15.0. The van der Waals surface area contributed by atoms with E-state index in [1.165, 1.54) is 18.3 Å². The highest BCUT2D eigenvalue weighted by molar-refractivity contribution is 9.10. The normalized spacial score (nSPS) is 10.4. The number of nitrogens with zero attached hydrogens (tertiary/aromatic N) is 1. The van der Waals surface area contributed by atoms with Crippen molar-refractivity contribution in [2.24, 2.45) is 0 Å². The number of pyridine rings is 1. The number of rotatable bonds is 3. The smallest absolute Gasteiger partial charge is 0.337 e. The van der Waals surface area contributed by atoms with Gasteiger partial charge in [0, 0.05) is 11.9 Å². The van der Waals surface area contributed by atoms with Gasteiger partial charge in [-0.05, 0) is 46.6 Å². The molecule has 0 fully saturated rings. The lowest BCUT2D eigenvalue weighted by atomic mass is 10.2. The molecule has 0 saturated carbocycles. The molecule has 0 aliphatic carbocycles. The molecular formula is C13H9BrClFN2O2. The summed E-state index contributed by atoms with van der Waals surface area (Å²) in [5, 5.41) is 12.0. The molecule has 2 N–H and O–H groups in total. The average molecular weight is 360 g/mol. The van der Waals surface area contributed by atoms with Crippen LogP contribution in [0.1, 0.15) is 15.9 Å². The molecule has 20 heavy (non-hydrogen) atoms. The topological polar surface area (TPSA) is 62.2 Å². The highest BCUT2D eigenvalue weighted by atomic mass is 79.9. The fourth-order valence-corrected chi connectivity index (χ4v) is 2.12. The van der Waals surface area contributed by atoms with E-state index in [0.717, 1.165) is 0 Å². The van der Waals surface area contributed by atoms with Crippen molar-refractivity contribution in [2.45, 2.75) is 6.92 Å². The number of anilines is 2.